The van der Waals surface area contributed by atoms with Gasteiger partial charge in [0.1, 0.15) is 0 Å². The molecule has 0 bridgehead atoms. The number of rotatable bonds is 9. The van der Waals surface area contributed by atoms with E-state index in [0.29, 0.717) is 6.04 Å². The average Bonchev–Trinajstić information content (AvgIpc) is 2.78. The number of likely N-dealkylation sites (N-methyl/N-ethyl adjacent to an activating group) is 1. The van der Waals surface area contributed by atoms with Gasteiger partial charge in [-0.15, -0.1) is 0 Å². The number of benzene rings is 1. The molecule has 1 aliphatic rings. The Bertz CT molecular complexity index is 526. The predicted molar refractivity (Wildman–Crippen MR) is 101 cm³/mol. The number of nitrogens with zero attached hydrogens (tertiary/aromatic N) is 2. The summed E-state index contributed by atoms with van der Waals surface area (Å²) in [7, 11) is 0. The summed E-state index contributed by atoms with van der Waals surface area (Å²) in [6.45, 7) is 16.9. The quantitative estimate of drug-likeness (QED) is 0.704. The molecule has 0 radical (unpaired) electrons. The molecule has 1 atom stereocenters. The summed E-state index contributed by atoms with van der Waals surface area (Å²) >= 11 is 0. The maximum atomic E-state index is 9.70. The van der Waals surface area contributed by atoms with Crippen LogP contribution in [0.3, 0.4) is 0 Å². The van der Waals surface area contributed by atoms with Gasteiger partial charge in [0.15, 0.2) is 0 Å². The highest BCUT2D eigenvalue weighted by molar-refractivity contribution is 5.66. The molecule has 0 saturated heterocycles. The van der Waals surface area contributed by atoms with Crippen LogP contribution in [0.2, 0.25) is 0 Å². The fourth-order valence-electron chi connectivity index (χ4n) is 3.82. The molecule has 0 spiro atoms. The first kappa shape index (κ1) is 19.2. The van der Waals surface area contributed by atoms with E-state index < -0.39 is 0 Å². The number of ether oxygens (including phenoxy) is 1. The third-order valence-electron chi connectivity index (χ3n) is 5.69. The summed E-state index contributed by atoms with van der Waals surface area (Å²) in [5.41, 5.74) is 3.64. The minimum atomic E-state index is 0.0376. The van der Waals surface area contributed by atoms with Gasteiger partial charge >= 0.3 is 0 Å². The molecule has 2 rings (SSSR count). The van der Waals surface area contributed by atoms with Gasteiger partial charge in [-0.25, -0.2) is 0 Å². The summed E-state index contributed by atoms with van der Waals surface area (Å²) in [5, 5.41) is 9.70. The predicted octanol–water partition coefficient (Wildman–Crippen LogP) is 3.02. The van der Waals surface area contributed by atoms with Gasteiger partial charge in [0.2, 0.25) is 0 Å². The number of aliphatic hydroxyl groups excluding tert-OH is 1. The van der Waals surface area contributed by atoms with Crippen LogP contribution in [0, 0.1) is 0 Å². The Balaban J connectivity index is 1.98. The van der Waals surface area contributed by atoms with Crippen LogP contribution in [0.1, 0.15) is 45.7 Å². The molecule has 136 valence electrons. The van der Waals surface area contributed by atoms with E-state index in [1.165, 1.54) is 11.3 Å². The second-order valence-electron chi connectivity index (χ2n) is 7.20. The summed E-state index contributed by atoms with van der Waals surface area (Å²) in [6, 6.07) is 6.66. The lowest BCUT2D eigenvalue weighted by Crippen LogP contribution is -2.41. The number of fused-ring (bicyclic) bond motifs is 1. The van der Waals surface area contributed by atoms with Crippen molar-refractivity contribution in [1.82, 2.24) is 4.90 Å². The zero-order valence-electron chi connectivity index (χ0n) is 16.0. The largest absolute Gasteiger partial charge is 0.392 e. The Morgan fingerprint density at radius 1 is 1.21 bits per heavy atom. The smallest absolute Gasteiger partial charge is 0.0685 e. The molecule has 0 fully saturated rings. The molecule has 4 nitrogen and oxygen atoms in total. The molecule has 0 aromatic heterocycles. The number of hydrogen-bond acceptors (Lipinski definition) is 4. The van der Waals surface area contributed by atoms with E-state index in [4.69, 9.17) is 4.74 Å². The summed E-state index contributed by atoms with van der Waals surface area (Å²) in [4.78, 5) is 4.82. The first-order valence-electron chi connectivity index (χ1n) is 9.27. The van der Waals surface area contributed by atoms with Gasteiger partial charge in [-0.05, 0) is 37.2 Å². The molecule has 0 amide bonds. The van der Waals surface area contributed by atoms with Crippen molar-refractivity contribution >= 4 is 5.69 Å². The van der Waals surface area contributed by atoms with E-state index in [-0.39, 0.29) is 12.0 Å². The first-order chi connectivity index (χ1) is 11.5. The normalized spacial score (nSPS) is 19.1. The zero-order chi connectivity index (χ0) is 17.7. The van der Waals surface area contributed by atoms with Crippen LogP contribution in [0.4, 0.5) is 5.69 Å². The van der Waals surface area contributed by atoms with Gasteiger partial charge in [0.25, 0.3) is 0 Å². The summed E-state index contributed by atoms with van der Waals surface area (Å²) in [5.74, 6) is 0. The fraction of sp³-hybridized carbons (Fsp3) is 0.700. The molecule has 1 aliphatic heterocycles. The van der Waals surface area contributed by atoms with E-state index in [1.807, 2.05) is 12.1 Å². The zero-order valence-corrected chi connectivity index (χ0v) is 16.0. The van der Waals surface area contributed by atoms with Gasteiger partial charge < -0.3 is 19.6 Å². The molecule has 1 heterocycles. The molecule has 24 heavy (non-hydrogen) atoms. The summed E-state index contributed by atoms with van der Waals surface area (Å²) in [6.07, 6.45) is 0. The molecule has 4 heteroatoms. The molecule has 1 aromatic rings. The van der Waals surface area contributed by atoms with Crippen molar-refractivity contribution in [2.24, 2.45) is 0 Å². The van der Waals surface area contributed by atoms with Crippen molar-refractivity contribution in [3.05, 3.63) is 29.3 Å². The molecule has 1 N–H and O–H groups in total. The lowest BCUT2D eigenvalue weighted by Gasteiger charge is -2.31. The molecule has 0 saturated carbocycles. The van der Waals surface area contributed by atoms with Crippen molar-refractivity contribution in [3.8, 4) is 0 Å². The Morgan fingerprint density at radius 3 is 2.54 bits per heavy atom. The van der Waals surface area contributed by atoms with Crippen LogP contribution in [-0.4, -0.2) is 55.4 Å². The minimum Gasteiger partial charge on any atom is -0.392 e. The highest BCUT2D eigenvalue weighted by Crippen LogP contribution is 2.46. The molecular formula is C20H34N2O2. The maximum Gasteiger partial charge on any atom is 0.0685 e. The number of aliphatic hydroxyl groups is 1. The van der Waals surface area contributed by atoms with E-state index in [9.17, 15) is 5.11 Å². The van der Waals surface area contributed by atoms with Crippen LogP contribution in [0.5, 0.6) is 0 Å². The Labute approximate surface area is 147 Å². The fourth-order valence-corrected chi connectivity index (χ4v) is 3.82. The van der Waals surface area contributed by atoms with Crippen molar-refractivity contribution in [2.75, 3.05) is 44.3 Å². The monoisotopic (exact) mass is 334 g/mol. The lowest BCUT2D eigenvalue weighted by atomic mass is 9.79. The second kappa shape index (κ2) is 8.32. The van der Waals surface area contributed by atoms with Crippen molar-refractivity contribution in [3.63, 3.8) is 0 Å². The van der Waals surface area contributed by atoms with E-state index in [0.717, 1.165) is 45.0 Å². The number of anilines is 1. The van der Waals surface area contributed by atoms with Gasteiger partial charge in [-0.2, -0.15) is 0 Å². The van der Waals surface area contributed by atoms with Crippen molar-refractivity contribution in [2.45, 2.75) is 52.7 Å². The SMILES string of the molecule is CCN(CC)CCOCCN1c2cccc(CO)c2C(C)(C)[C@H]1C. The number of hydrogen-bond donors (Lipinski definition) is 1. The minimum absolute atomic E-state index is 0.0376. The first-order valence-corrected chi connectivity index (χ1v) is 9.27. The van der Waals surface area contributed by atoms with E-state index in [1.54, 1.807) is 0 Å². The highest BCUT2D eigenvalue weighted by Gasteiger charge is 2.42. The maximum absolute atomic E-state index is 9.70. The van der Waals surface area contributed by atoms with Crippen LogP contribution >= 0.6 is 0 Å². The molecular weight excluding hydrogens is 300 g/mol. The lowest BCUT2D eigenvalue weighted by molar-refractivity contribution is 0.110. The third-order valence-corrected chi connectivity index (χ3v) is 5.69. The van der Waals surface area contributed by atoms with Gasteiger partial charge in [-0.1, -0.05) is 39.8 Å². The molecule has 1 aromatic carbocycles. The Morgan fingerprint density at radius 2 is 1.92 bits per heavy atom. The average molecular weight is 335 g/mol. The van der Waals surface area contributed by atoms with Crippen molar-refractivity contribution < 1.29 is 9.84 Å². The molecule has 0 unspecified atom stereocenters. The van der Waals surface area contributed by atoms with Crippen LogP contribution in [0.25, 0.3) is 0 Å². The van der Waals surface area contributed by atoms with Crippen LogP contribution in [-0.2, 0) is 16.8 Å². The standard InChI is InChI=1S/C20H34N2O2/c1-6-21(7-2)11-13-24-14-12-22-16(3)20(4,5)19-17(15-23)9-8-10-18(19)22/h8-10,16,23H,6-7,11-15H2,1-5H3/t16-/m1/s1. The highest BCUT2D eigenvalue weighted by atomic mass is 16.5. The molecule has 0 aliphatic carbocycles. The Kier molecular flexibility index (Phi) is 6.67. The van der Waals surface area contributed by atoms with Gasteiger partial charge in [0, 0.05) is 30.2 Å². The Hall–Kier alpha value is -1.10. The van der Waals surface area contributed by atoms with Gasteiger partial charge in [0.05, 0.1) is 19.8 Å². The second-order valence-corrected chi connectivity index (χ2v) is 7.20. The van der Waals surface area contributed by atoms with Gasteiger partial charge in [-0.3, -0.25) is 0 Å². The van der Waals surface area contributed by atoms with Crippen molar-refractivity contribution in [1.29, 1.82) is 0 Å². The summed E-state index contributed by atoms with van der Waals surface area (Å²) < 4.78 is 5.89. The van der Waals surface area contributed by atoms with E-state index >= 15 is 0 Å². The third kappa shape index (κ3) is 3.76. The van der Waals surface area contributed by atoms with Crippen LogP contribution in [0.15, 0.2) is 18.2 Å². The van der Waals surface area contributed by atoms with Crippen LogP contribution < -0.4 is 4.90 Å². The topological polar surface area (TPSA) is 35.9 Å². The van der Waals surface area contributed by atoms with E-state index in [2.05, 4.69) is 50.5 Å².